The summed E-state index contributed by atoms with van der Waals surface area (Å²) in [6, 6.07) is 15.3. The van der Waals surface area contributed by atoms with Crippen LogP contribution in [0.25, 0.3) is 16.6 Å². The third kappa shape index (κ3) is 3.61. The van der Waals surface area contributed by atoms with E-state index < -0.39 is 0 Å². The van der Waals surface area contributed by atoms with Crippen LogP contribution in [0.3, 0.4) is 0 Å². The Morgan fingerprint density at radius 1 is 1.26 bits per heavy atom. The Kier molecular flexibility index (Phi) is 4.72. The molecular formula is C19H17BrN6O. The maximum Gasteiger partial charge on any atom is 0.225 e. The summed E-state index contributed by atoms with van der Waals surface area (Å²) in [4.78, 5) is 15.7. The van der Waals surface area contributed by atoms with Gasteiger partial charge in [0.2, 0.25) is 5.91 Å². The Balaban J connectivity index is 1.50. The third-order valence-electron chi connectivity index (χ3n) is 4.34. The van der Waals surface area contributed by atoms with Crippen molar-refractivity contribution in [3.63, 3.8) is 0 Å². The second-order valence-electron chi connectivity index (χ2n) is 6.25. The van der Waals surface area contributed by atoms with E-state index in [2.05, 4.69) is 41.8 Å². The molecule has 0 aliphatic carbocycles. The predicted octanol–water partition coefficient (Wildman–Crippen LogP) is 3.33. The van der Waals surface area contributed by atoms with Gasteiger partial charge in [-0.2, -0.15) is 4.68 Å². The number of hydrogen-bond acceptors (Lipinski definition) is 4. The summed E-state index contributed by atoms with van der Waals surface area (Å²) >= 11 is 3.45. The summed E-state index contributed by atoms with van der Waals surface area (Å²) < 4.78 is 2.55. The minimum atomic E-state index is -0.336. The molecule has 0 saturated heterocycles. The van der Waals surface area contributed by atoms with Gasteiger partial charge in [0.25, 0.3) is 0 Å². The number of amides is 1. The molecule has 2 heterocycles. The van der Waals surface area contributed by atoms with Gasteiger partial charge < -0.3 is 10.3 Å². The van der Waals surface area contributed by atoms with Crippen molar-refractivity contribution in [2.24, 2.45) is 0 Å². The third-order valence-corrected chi connectivity index (χ3v) is 4.83. The first-order valence-electron chi connectivity index (χ1n) is 8.50. The molecule has 7 nitrogen and oxygen atoms in total. The number of aromatic nitrogens is 5. The Labute approximate surface area is 163 Å². The van der Waals surface area contributed by atoms with Crippen LogP contribution in [-0.4, -0.2) is 31.1 Å². The van der Waals surface area contributed by atoms with E-state index in [9.17, 15) is 4.79 Å². The fraction of sp³-hybridized carbons (Fsp3) is 0.158. The first-order chi connectivity index (χ1) is 13.1. The van der Waals surface area contributed by atoms with E-state index in [0.29, 0.717) is 5.82 Å². The molecule has 8 heteroatoms. The summed E-state index contributed by atoms with van der Waals surface area (Å²) in [6.07, 6.45) is 2.16. The summed E-state index contributed by atoms with van der Waals surface area (Å²) in [6.45, 7) is 1.87. The van der Waals surface area contributed by atoms with Crippen LogP contribution in [0, 0.1) is 0 Å². The van der Waals surface area contributed by atoms with Crippen LogP contribution in [-0.2, 0) is 11.2 Å². The van der Waals surface area contributed by atoms with Gasteiger partial charge in [0, 0.05) is 21.6 Å². The van der Waals surface area contributed by atoms with Gasteiger partial charge >= 0.3 is 0 Å². The fourth-order valence-electron chi connectivity index (χ4n) is 3.06. The monoisotopic (exact) mass is 424 g/mol. The number of aromatic amines is 1. The molecule has 1 unspecified atom stereocenters. The zero-order valence-corrected chi connectivity index (χ0v) is 16.1. The molecule has 4 aromatic rings. The number of halogens is 1. The van der Waals surface area contributed by atoms with Gasteiger partial charge in [-0.25, -0.2) is 0 Å². The van der Waals surface area contributed by atoms with E-state index in [1.807, 2.05) is 61.7 Å². The molecule has 1 amide bonds. The summed E-state index contributed by atoms with van der Waals surface area (Å²) in [5, 5.41) is 15.9. The molecule has 4 rings (SSSR count). The molecule has 0 bridgehead atoms. The van der Waals surface area contributed by atoms with E-state index in [4.69, 9.17) is 0 Å². The van der Waals surface area contributed by atoms with Gasteiger partial charge in [0.1, 0.15) is 0 Å². The first kappa shape index (κ1) is 17.4. The minimum Gasteiger partial charge on any atom is -0.361 e. The van der Waals surface area contributed by atoms with Gasteiger partial charge in [0.05, 0.1) is 18.2 Å². The quantitative estimate of drug-likeness (QED) is 0.514. The maximum atomic E-state index is 12.6. The van der Waals surface area contributed by atoms with Gasteiger partial charge in [0.15, 0.2) is 5.82 Å². The van der Waals surface area contributed by atoms with E-state index in [1.165, 1.54) is 0 Å². The first-order valence-corrected chi connectivity index (χ1v) is 9.29. The van der Waals surface area contributed by atoms with Crippen LogP contribution in [0.1, 0.15) is 24.4 Å². The van der Waals surface area contributed by atoms with Crippen molar-refractivity contribution in [2.45, 2.75) is 19.4 Å². The molecule has 0 radical (unpaired) electrons. The zero-order chi connectivity index (χ0) is 18.8. The Morgan fingerprint density at radius 2 is 2.11 bits per heavy atom. The summed E-state index contributed by atoms with van der Waals surface area (Å²) in [7, 11) is 0. The number of H-pyrrole nitrogens is 1. The summed E-state index contributed by atoms with van der Waals surface area (Å²) in [5.74, 6) is 0.483. The Morgan fingerprint density at radius 3 is 2.96 bits per heavy atom. The lowest BCUT2D eigenvalue weighted by Crippen LogP contribution is -2.30. The van der Waals surface area contributed by atoms with Crippen LogP contribution in [0.15, 0.2) is 59.2 Å². The lowest BCUT2D eigenvalue weighted by Gasteiger charge is -2.13. The number of nitrogens with one attached hydrogen (secondary N) is 2. The van der Waals surface area contributed by atoms with Crippen molar-refractivity contribution < 1.29 is 4.79 Å². The van der Waals surface area contributed by atoms with Crippen molar-refractivity contribution >= 4 is 32.7 Å². The van der Waals surface area contributed by atoms with Crippen LogP contribution in [0.4, 0.5) is 0 Å². The molecule has 27 heavy (non-hydrogen) atoms. The van der Waals surface area contributed by atoms with E-state index >= 15 is 0 Å². The van der Waals surface area contributed by atoms with Gasteiger partial charge in [-0.15, -0.1) is 5.10 Å². The minimum absolute atomic E-state index is 0.0870. The van der Waals surface area contributed by atoms with Crippen molar-refractivity contribution in [1.82, 2.24) is 30.5 Å². The number of nitrogens with zero attached hydrogens (tertiary/aromatic N) is 4. The van der Waals surface area contributed by atoms with E-state index in [-0.39, 0.29) is 18.4 Å². The molecule has 0 spiro atoms. The normalized spacial score (nSPS) is 12.2. The molecule has 136 valence electrons. The molecule has 0 aliphatic rings. The van der Waals surface area contributed by atoms with Crippen LogP contribution < -0.4 is 5.32 Å². The average molecular weight is 425 g/mol. The number of para-hydroxylation sites is 1. The number of rotatable bonds is 5. The molecular weight excluding hydrogens is 408 g/mol. The van der Waals surface area contributed by atoms with Gasteiger partial charge in [-0.05, 0) is 47.2 Å². The topological polar surface area (TPSA) is 88.5 Å². The highest BCUT2D eigenvalue weighted by Crippen LogP contribution is 2.20. The van der Waals surface area contributed by atoms with E-state index in [1.54, 1.807) is 4.68 Å². The molecule has 0 fully saturated rings. The predicted molar refractivity (Wildman–Crippen MR) is 105 cm³/mol. The Bertz CT molecular complexity index is 1100. The largest absolute Gasteiger partial charge is 0.361 e. The highest BCUT2D eigenvalue weighted by atomic mass is 79.9. The second-order valence-corrected chi connectivity index (χ2v) is 7.17. The van der Waals surface area contributed by atoms with Crippen LogP contribution in [0.5, 0.6) is 0 Å². The summed E-state index contributed by atoms with van der Waals surface area (Å²) in [5.41, 5.74) is 2.80. The molecule has 2 aromatic heterocycles. The van der Waals surface area contributed by atoms with Crippen LogP contribution >= 0.6 is 15.9 Å². The highest BCUT2D eigenvalue weighted by molar-refractivity contribution is 9.10. The number of hydrogen-bond donors (Lipinski definition) is 2. The molecule has 2 aromatic carbocycles. The number of benzene rings is 2. The number of carbonyl (C=O) groups is 1. The zero-order valence-electron chi connectivity index (χ0n) is 14.6. The second kappa shape index (κ2) is 7.32. The number of tetrazole rings is 1. The molecule has 2 N–H and O–H groups in total. The molecule has 0 aliphatic heterocycles. The Hall–Kier alpha value is -3.00. The van der Waals surface area contributed by atoms with Crippen molar-refractivity contribution in [2.75, 3.05) is 0 Å². The van der Waals surface area contributed by atoms with Gasteiger partial charge in [-0.3, -0.25) is 4.79 Å². The van der Waals surface area contributed by atoms with Crippen molar-refractivity contribution in [1.29, 1.82) is 0 Å². The van der Waals surface area contributed by atoms with Crippen molar-refractivity contribution in [3.8, 4) is 5.69 Å². The average Bonchev–Trinajstić information content (AvgIpc) is 3.29. The molecule has 0 saturated carbocycles. The smallest absolute Gasteiger partial charge is 0.225 e. The highest BCUT2D eigenvalue weighted by Gasteiger charge is 2.19. The number of fused-ring (bicyclic) bond motifs is 1. The van der Waals surface area contributed by atoms with Crippen LogP contribution in [0.2, 0.25) is 0 Å². The van der Waals surface area contributed by atoms with Crippen molar-refractivity contribution in [3.05, 3.63) is 70.6 Å². The SMILES string of the molecule is CC(NC(=O)Cc1c[nH]c2ccccc12)c1nnnn1-c1cccc(Br)c1. The number of carbonyl (C=O) groups excluding carboxylic acids is 1. The lowest BCUT2D eigenvalue weighted by molar-refractivity contribution is -0.121. The maximum absolute atomic E-state index is 12.6. The van der Waals surface area contributed by atoms with E-state index in [0.717, 1.165) is 26.6 Å². The van der Waals surface area contributed by atoms with Gasteiger partial charge in [-0.1, -0.05) is 40.2 Å². The standard InChI is InChI=1S/C19H17BrN6O/c1-12(19-23-24-25-26(19)15-6-4-5-14(20)10-15)22-18(27)9-13-11-21-17-8-3-2-7-16(13)17/h2-8,10-12,21H,9H2,1H3,(H,22,27). The fourth-order valence-corrected chi connectivity index (χ4v) is 3.45. The lowest BCUT2D eigenvalue weighted by atomic mass is 10.1. The molecule has 1 atom stereocenters.